The number of nitriles is 1. The van der Waals surface area contributed by atoms with Crippen molar-refractivity contribution in [1.82, 2.24) is 4.90 Å². The Labute approximate surface area is 143 Å². The van der Waals surface area contributed by atoms with Crippen molar-refractivity contribution in [2.45, 2.75) is 26.5 Å². The predicted octanol–water partition coefficient (Wildman–Crippen LogP) is 3.35. The molecule has 2 rings (SSSR count). The number of ether oxygens (including phenoxy) is 1. The first kappa shape index (κ1) is 18.0. The van der Waals surface area contributed by atoms with Crippen molar-refractivity contribution in [3.63, 3.8) is 0 Å². The summed E-state index contributed by atoms with van der Waals surface area (Å²) in [6.07, 6.45) is -0.580. The number of likely N-dealkylation sites (N-methyl/N-ethyl adjacent to an activating group) is 1. The van der Waals surface area contributed by atoms with Gasteiger partial charge in [0, 0.05) is 13.1 Å². The van der Waals surface area contributed by atoms with Gasteiger partial charge in [0.05, 0.1) is 24.8 Å². The second-order valence-corrected chi connectivity index (χ2v) is 6.21. The molecule has 0 fully saturated rings. The molecule has 0 aromatic heterocycles. The lowest BCUT2D eigenvalue weighted by atomic mass is 10.0. The number of benzene rings is 2. The number of nitrogens with zero attached hydrogens (tertiary/aromatic N) is 2. The van der Waals surface area contributed by atoms with E-state index >= 15 is 0 Å². The molecule has 1 N–H and O–H groups in total. The number of methoxy groups -OCH3 is 1. The van der Waals surface area contributed by atoms with Crippen LogP contribution < -0.4 is 4.74 Å². The lowest BCUT2D eigenvalue weighted by Crippen LogP contribution is -2.24. The number of hydrogen-bond donors (Lipinski definition) is 1. The van der Waals surface area contributed by atoms with Gasteiger partial charge < -0.3 is 9.84 Å². The summed E-state index contributed by atoms with van der Waals surface area (Å²) < 4.78 is 5.40. The molecule has 4 heteroatoms. The third-order valence-electron chi connectivity index (χ3n) is 4.09. The zero-order valence-electron chi connectivity index (χ0n) is 14.7. The second kappa shape index (κ2) is 7.96. The molecule has 24 heavy (non-hydrogen) atoms. The van der Waals surface area contributed by atoms with Gasteiger partial charge in [-0.3, -0.25) is 4.90 Å². The Morgan fingerprint density at radius 1 is 1.17 bits per heavy atom. The molecule has 0 spiro atoms. The van der Waals surface area contributed by atoms with Gasteiger partial charge in [0.25, 0.3) is 0 Å². The summed E-state index contributed by atoms with van der Waals surface area (Å²) in [4.78, 5) is 2.09. The normalized spacial score (nSPS) is 12.0. The molecule has 2 aromatic rings. The van der Waals surface area contributed by atoms with Gasteiger partial charge in [-0.2, -0.15) is 5.26 Å². The SMILES string of the molecule is COc1c(C)cc(CN(C)CC(O)c2ccc(C#N)cc2)cc1C. The van der Waals surface area contributed by atoms with Crippen molar-refractivity contribution >= 4 is 0 Å². The van der Waals surface area contributed by atoms with Crippen LogP contribution in [-0.2, 0) is 6.54 Å². The zero-order valence-corrected chi connectivity index (χ0v) is 14.7. The van der Waals surface area contributed by atoms with Gasteiger partial charge in [0.2, 0.25) is 0 Å². The summed E-state index contributed by atoms with van der Waals surface area (Å²) in [5.74, 6) is 0.930. The molecule has 0 radical (unpaired) electrons. The molecule has 0 aliphatic heterocycles. The second-order valence-electron chi connectivity index (χ2n) is 6.21. The molecule has 1 atom stereocenters. The monoisotopic (exact) mass is 324 g/mol. The zero-order chi connectivity index (χ0) is 17.7. The summed E-state index contributed by atoms with van der Waals surface area (Å²) in [6, 6.07) is 13.4. The van der Waals surface area contributed by atoms with Crippen LogP contribution in [0.25, 0.3) is 0 Å². The average Bonchev–Trinajstić information content (AvgIpc) is 2.54. The molecular formula is C20H24N2O2. The fourth-order valence-electron chi connectivity index (χ4n) is 3.01. The fraction of sp³-hybridized carbons (Fsp3) is 0.350. The summed E-state index contributed by atoms with van der Waals surface area (Å²) in [5.41, 5.74) is 4.86. The summed E-state index contributed by atoms with van der Waals surface area (Å²) in [6.45, 7) is 5.36. The maximum atomic E-state index is 10.4. The Morgan fingerprint density at radius 2 is 1.75 bits per heavy atom. The Balaban J connectivity index is 2.02. The molecule has 126 valence electrons. The molecule has 0 heterocycles. The van der Waals surface area contributed by atoms with Crippen molar-refractivity contribution in [2.75, 3.05) is 20.7 Å². The van der Waals surface area contributed by atoms with Gasteiger partial charge in [0.1, 0.15) is 5.75 Å². The maximum Gasteiger partial charge on any atom is 0.124 e. The largest absolute Gasteiger partial charge is 0.496 e. The van der Waals surface area contributed by atoms with Gasteiger partial charge in [-0.15, -0.1) is 0 Å². The minimum atomic E-state index is -0.580. The number of rotatable bonds is 6. The van der Waals surface area contributed by atoms with E-state index in [1.165, 1.54) is 5.56 Å². The first-order valence-corrected chi connectivity index (χ1v) is 7.95. The van der Waals surface area contributed by atoms with Crippen LogP contribution in [-0.4, -0.2) is 30.7 Å². The van der Waals surface area contributed by atoms with Crippen molar-refractivity contribution in [2.24, 2.45) is 0 Å². The molecule has 1 unspecified atom stereocenters. The maximum absolute atomic E-state index is 10.4. The lowest BCUT2D eigenvalue weighted by molar-refractivity contribution is 0.124. The number of aliphatic hydroxyl groups excluding tert-OH is 1. The Hall–Kier alpha value is -2.35. The van der Waals surface area contributed by atoms with Crippen molar-refractivity contribution in [1.29, 1.82) is 5.26 Å². The first-order chi connectivity index (χ1) is 11.4. The number of aliphatic hydroxyl groups is 1. The van der Waals surface area contributed by atoms with E-state index in [0.717, 1.165) is 29.0 Å². The summed E-state index contributed by atoms with van der Waals surface area (Å²) in [5, 5.41) is 19.2. The van der Waals surface area contributed by atoms with Crippen LogP contribution in [0.1, 0.15) is 33.9 Å². The van der Waals surface area contributed by atoms with E-state index in [1.807, 2.05) is 20.9 Å². The Kier molecular flexibility index (Phi) is 5.97. The minimum absolute atomic E-state index is 0.524. The highest BCUT2D eigenvalue weighted by molar-refractivity contribution is 5.43. The molecule has 0 saturated heterocycles. The highest BCUT2D eigenvalue weighted by atomic mass is 16.5. The Morgan fingerprint density at radius 3 is 2.25 bits per heavy atom. The quantitative estimate of drug-likeness (QED) is 0.885. The van der Waals surface area contributed by atoms with E-state index in [0.29, 0.717) is 12.1 Å². The van der Waals surface area contributed by atoms with Crippen LogP contribution in [0.3, 0.4) is 0 Å². The van der Waals surface area contributed by atoms with Crippen LogP contribution in [0.15, 0.2) is 36.4 Å². The summed E-state index contributed by atoms with van der Waals surface area (Å²) in [7, 11) is 3.68. The van der Waals surface area contributed by atoms with Gasteiger partial charge >= 0.3 is 0 Å². The topological polar surface area (TPSA) is 56.5 Å². The van der Waals surface area contributed by atoms with Crippen molar-refractivity contribution in [3.8, 4) is 11.8 Å². The van der Waals surface area contributed by atoms with Crippen molar-refractivity contribution < 1.29 is 9.84 Å². The van der Waals surface area contributed by atoms with Crippen molar-refractivity contribution in [3.05, 3.63) is 64.2 Å². The third kappa shape index (κ3) is 4.35. The molecule has 2 aromatic carbocycles. The highest BCUT2D eigenvalue weighted by Crippen LogP contribution is 2.25. The van der Waals surface area contributed by atoms with E-state index in [2.05, 4.69) is 23.1 Å². The lowest BCUT2D eigenvalue weighted by Gasteiger charge is -2.22. The molecule has 0 amide bonds. The van der Waals surface area contributed by atoms with Crippen LogP contribution >= 0.6 is 0 Å². The highest BCUT2D eigenvalue weighted by Gasteiger charge is 2.12. The number of hydrogen-bond acceptors (Lipinski definition) is 4. The first-order valence-electron chi connectivity index (χ1n) is 7.95. The molecule has 0 aliphatic carbocycles. The molecule has 4 nitrogen and oxygen atoms in total. The number of aryl methyl sites for hydroxylation is 2. The van der Waals surface area contributed by atoms with Gasteiger partial charge in [0.15, 0.2) is 0 Å². The molecule has 0 bridgehead atoms. The average molecular weight is 324 g/mol. The fourth-order valence-corrected chi connectivity index (χ4v) is 3.01. The third-order valence-corrected chi connectivity index (χ3v) is 4.09. The molecule has 0 aliphatic rings. The van der Waals surface area contributed by atoms with E-state index < -0.39 is 6.10 Å². The van der Waals surface area contributed by atoms with E-state index in [4.69, 9.17) is 10.00 Å². The predicted molar refractivity (Wildman–Crippen MR) is 94.9 cm³/mol. The Bertz CT molecular complexity index is 709. The molecular weight excluding hydrogens is 300 g/mol. The summed E-state index contributed by atoms with van der Waals surface area (Å²) >= 11 is 0. The molecule has 0 saturated carbocycles. The van der Waals surface area contributed by atoms with Gasteiger partial charge in [-0.25, -0.2) is 0 Å². The van der Waals surface area contributed by atoms with E-state index in [9.17, 15) is 5.11 Å². The minimum Gasteiger partial charge on any atom is -0.496 e. The van der Waals surface area contributed by atoms with Crippen LogP contribution in [0.5, 0.6) is 5.75 Å². The van der Waals surface area contributed by atoms with E-state index in [-0.39, 0.29) is 0 Å². The smallest absolute Gasteiger partial charge is 0.124 e. The van der Waals surface area contributed by atoms with E-state index in [1.54, 1.807) is 31.4 Å². The van der Waals surface area contributed by atoms with Crippen LogP contribution in [0.2, 0.25) is 0 Å². The van der Waals surface area contributed by atoms with Crippen LogP contribution in [0, 0.1) is 25.2 Å². The standard InChI is InChI=1S/C20H24N2O2/c1-14-9-17(10-15(2)20(14)24-4)12-22(3)13-19(23)18-7-5-16(11-21)6-8-18/h5-10,19,23H,12-13H2,1-4H3. The van der Waals surface area contributed by atoms with Gasteiger partial charge in [-0.1, -0.05) is 24.3 Å². The van der Waals surface area contributed by atoms with Crippen LogP contribution in [0.4, 0.5) is 0 Å². The van der Waals surface area contributed by atoms with Gasteiger partial charge in [-0.05, 0) is 55.3 Å².